The van der Waals surface area contributed by atoms with Crippen LogP contribution in [0, 0.1) is 5.92 Å². The van der Waals surface area contributed by atoms with Crippen molar-refractivity contribution in [2.75, 3.05) is 12.9 Å². The second kappa shape index (κ2) is 6.08. The van der Waals surface area contributed by atoms with E-state index in [0.29, 0.717) is 0 Å². The Balaban J connectivity index is 2.77. The van der Waals surface area contributed by atoms with E-state index in [1.54, 1.807) is 6.92 Å². The van der Waals surface area contributed by atoms with Gasteiger partial charge in [-0.1, -0.05) is 6.92 Å². The van der Waals surface area contributed by atoms with Crippen LogP contribution in [0.25, 0.3) is 0 Å². The SMILES string of the molecule is COC(=O)C(C)CSc1ncccc1C(F)(F)F. The maximum Gasteiger partial charge on any atom is 0.419 e. The molecule has 0 aliphatic heterocycles. The van der Waals surface area contributed by atoms with E-state index in [0.717, 1.165) is 17.8 Å². The minimum Gasteiger partial charge on any atom is -0.469 e. The van der Waals surface area contributed by atoms with Gasteiger partial charge in [-0.25, -0.2) is 4.98 Å². The maximum absolute atomic E-state index is 12.7. The molecule has 0 spiro atoms. The first-order valence-corrected chi connectivity index (χ1v) is 6.07. The van der Waals surface area contributed by atoms with Crippen molar-refractivity contribution < 1.29 is 22.7 Å². The summed E-state index contributed by atoms with van der Waals surface area (Å²) < 4.78 is 42.5. The molecule has 1 aromatic heterocycles. The maximum atomic E-state index is 12.7. The molecule has 1 aromatic rings. The lowest BCUT2D eigenvalue weighted by Crippen LogP contribution is -2.15. The lowest BCUT2D eigenvalue weighted by molar-refractivity contribution is -0.144. The quantitative estimate of drug-likeness (QED) is 0.627. The lowest BCUT2D eigenvalue weighted by atomic mass is 10.2. The van der Waals surface area contributed by atoms with Crippen LogP contribution in [-0.4, -0.2) is 23.8 Å². The molecule has 3 nitrogen and oxygen atoms in total. The highest BCUT2D eigenvalue weighted by molar-refractivity contribution is 7.99. The Morgan fingerprint density at radius 2 is 2.22 bits per heavy atom. The van der Waals surface area contributed by atoms with E-state index in [2.05, 4.69) is 9.72 Å². The van der Waals surface area contributed by atoms with Crippen LogP contribution >= 0.6 is 11.8 Å². The highest BCUT2D eigenvalue weighted by Crippen LogP contribution is 2.35. The molecule has 0 fully saturated rings. The Morgan fingerprint density at radius 3 is 2.78 bits per heavy atom. The Kier molecular flexibility index (Phi) is 5.01. The van der Waals surface area contributed by atoms with E-state index in [4.69, 9.17) is 0 Å². The molecule has 0 aliphatic rings. The summed E-state index contributed by atoms with van der Waals surface area (Å²) in [6, 6.07) is 2.20. The molecule has 0 amide bonds. The van der Waals surface area contributed by atoms with Gasteiger partial charge in [0.25, 0.3) is 0 Å². The third kappa shape index (κ3) is 3.90. The Bertz CT molecular complexity index is 423. The summed E-state index contributed by atoms with van der Waals surface area (Å²) in [4.78, 5) is 14.8. The van der Waals surface area contributed by atoms with Gasteiger partial charge in [0.15, 0.2) is 0 Å². The van der Waals surface area contributed by atoms with Crippen LogP contribution in [0.2, 0.25) is 0 Å². The number of rotatable bonds is 4. The Morgan fingerprint density at radius 1 is 1.56 bits per heavy atom. The van der Waals surface area contributed by atoms with Crippen LogP contribution in [0.15, 0.2) is 23.4 Å². The van der Waals surface area contributed by atoms with Gasteiger partial charge in [0.2, 0.25) is 0 Å². The third-order valence-electron chi connectivity index (χ3n) is 2.15. The van der Waals surface area contributed by atoms with Crippen LogP contribution in [0.4, 0.5) is 13.2 Å². The summed E-state index contributed by atoms with van der Waals surface area (Å²) >= 11 is 0.894. The number of hydrogen-bond acceptors (Lipinski definition) is 4. The third-order valence-corrected chi connectivity index (χ3v) is 3.42. The molecule has 0 N–H and O–H groups in total. The van der Waals surface area contributed by atoms with Gasteiger partial charge in [0.1, 0.15) is 5.03 Å². The smallest absolute Gasteiger partial charge is 0.419 e. The van der Waals surface area contributed by atoms with Crippen molar-refractivity contribution in [3.8, 4) is 0 Å². The number of carbonyl (C=O) groups is 1. The molecule has 1 heterocycles. The van der Waals surface area contributed by atoms with Crippen molar-refractivity contribution in [1.82, 2.24) is 4.98 Å². The average molecular weight is 279 g/mol. The average Bonchev–Trinajstić information content (AvgIpc) is 2.34. The number of nitrogens with zero attached hydrogens (tertiary/aromatic N) is 1. The summed E-state index contributed by atoms with van der Waals surface area (Å²) in [5.74, 6) is -0.748. The number of alkyl halides is 3. The van der Waals surface area contributed by atoms with E-state index in [9.17, 15) is 18.0 Å². The normalized spacial score (nSPS) is 13.2. The van der Waals surface area contributed by atoms with Crippen molar-refractivity contribution in [3.63, 3.8) is 0 Å². The first-order chi connectivity index (χ1) is 8.36. The molecule has 0 aromatic carbocycles. The standard InChI is InChI=1S/C11H12F3NO2S/c1-7(10(16)17-2)6-18-9-8(11(12,13)14)4-3-5-15-9/h3-5,7H,6H2,1-2H3. The van der Waals surface area contributed by atoms with Gasteiger partial charge in [0.05, 0.1) is 18.6 Å². The molecule has 7 heteroatoms. The summed E-state index contributed by atoms with van der Waals surface area (Å²) in [5.41, 5.74) is -0.785. The number of ether oxygens (including phenoxy) is 1. The number of hydrogen-bond donors (Lipinski definition) is 0. The van der Waals surface area contributed by atoms with Gasteiger partial charge >= 0.3 is 12.1 Å². The second-order valence-electron chi connectivity index (χ2n) is 3.59. The number of aromatic nitrogens is 1. The molecule has 0 bridgehead atoms. The zero-order valence-corrected chi connectivity index (χ0v) is 10.6. The fourth-order valence-corrected chi connectivity index (χ4v) is 2.21. The molecule has 18 heavy (non-hydrogen) atoms. The zero-order valence-electron chi connectivity index (χ0n) is 9.82. The fraction of sp³-hybridized carbons (Fsp3) is 0.455. The predicted octanol–water partition coefficient (Wildman–Crippen LogP) is 3.00. The van der Waals surface area contributed by atoms with E-state index in [1.807, 2.05) is 0 Å². The van der Waals surface area contributed by atoms with Gasteiger partial charge < -0.3 is 4.74 Å². The number of thioether (sulfide) groups is 1. The largest absolute Gasteiger partial charge is 0.469 e. The molecule has 0 saturated heterocycles. The van der Waals surface area contributed by atoms with E-state index in [-0.39, 0.29) is 10.8 Å². The Hall–Kier alpha value is -1.24. The van der Waals surface area contributed by atoms with E-state index in [1.165, 1.54) is 19.4 Å². The van der Waals surface area contributed by atoms with Crippen molar-refractivity contribution >= 4 is 17.7 Å². The molecular formula is C11H12F3NO2S. The number of pyridine rings is 1. The van der Waals surface area contributed by atoms with Crippen LogP contribution < -0.4 is 0 Å². The highest BCUT2D eigenvalue weighted by Gasteiger charge is 2.34. The monoisotopic (exact) mass is 279 g/mol. The molecule has 1 rings (SSSR count). The van der Waals surface area contributed by atoms with Gasteiger partial charge in [-0.15, -0.1) is 11.8 Å². The van der Waals surface area contributed by atoms with Crippen molar-refractivity contribution in [2.24, 2.45) is 5.92 Å². The van der Waals surface area contributed by atoms with Crippen LogP contribution in [-0.2, 0) is 15.7 Å². The number of esters is 1. The molecular weight excluding hydrogens is 267 g/mol. The molecule has 0 saturated carbocycles. The van der Waals surface area contributed by atoms with Gasteiger partial charge in [0, 0.05) is 11.9 Å². The predicted molar refractivity (Wildman–Crippen MR) is 61.1 cm³/mol. The molecule has 0 aliphatic carbocycles. The van der Waals surface area contributed by atoms with Crippen LogP contribution in [0.1, 0.15) is 12.5 Å². The number of methoxy groups -OCH3 is 1. The highest BCUT2D eigenvalue weighted by atomic mass is 32.2. The minimum absolute atomic E-state index is 0.124. The molecule has 1 atom stereocenters. The first-order valence-electron chi connectivity index (χ1n) is 5.09. The van der Waals surface area contributed by atoms with Crippen LogP contribution in [0.3, 0.4) is 0 Å². The van der Waals surface area contributed by atoms with E-state index >= 15 is 0 Å². The molecule has 100 valence electrons. The summed E-state index contributed by atoms with van der Waals surface area (Å²) in [5, 5.41) is -0.124. The fourth-order valence-electron chi connectivity index (χ4n) is 1.19. The van der Waals surface area contributed by atoms with Crippen LogP contribution in [0.5, 0.6) is 0 Å². The second-order valence-corrected chi connectivity index (χ2v) is 4.60. The lowest BCUT2D eigenvalue weighted by Gasteiger charge is -2.12. The number of halogens is 3. The van der Waals surface area contributed by atoms with Crippen molar-refractivity contribution in [2.45, 2.75) is 18.1 Å². The molecule has 0 radical (unpaired) electrons. The summed E-state index contributed by atoms with van der Waals surface area (Å²) in [6.45, 7) is 1.59. The van der Waals surface area contributed by atoms with Gasteiger partial charge in [-0.05, 0) is 12.1 Å². The first kappa shape index (κ1) is 14.8. The Labute approximate surface area is 107 Å². The number of carbonyl (C=O) groups excluding carboxylic acids is 1. The molecule has 1 unspecified atom stereocenters. The van der Waals surface area contributed by atoms with Gasteiger partial charge in [-0.3, -0.25) is 4.79 Å². The van der Waals surface area contributed by atoms with E-state index < -0.39 is 23.6 Å². The van der Waals surface area contributed by atoms with Crippen molar-refractivity contribution in [3.05, 3.63) is 23.9 Å². The topological polar surface area (TPSA) is 39.2 Å². The van der Waals surface area contributed by atoms with Crippen molar-refractivity contribution in [1.29, 1.82) is 0 Å². The summed E-state index contributed by atoms with van der Waals surface area (Å²) in [7, 11) is 1.24. The minimum atomic E-state index is -4.44. The zero-order chi connectivity index (χ0) is 13.8. The summed E-state index contributed by atoms with van der Waals surface area (Å²) in [6.07, 6.45) is -3.15. The van der Waals surface area contributed by atoms with Gasteiger partial charge in [-0.2, -0.15) is 13.2 Å².